The van der Waals surface area contributed by atoms with E-state index in [4.69, 9.17) is 4.74 Å². The minimum Gasteiger partial charge on any atom is -0.480 e. The Labute approximate surface area is 143 Å². The first-order chi connectivity index (χ1) is 12.1. The molecule has 0 spiro atoms. The summed E-state index contributed by atoms with van der Waals surface area (Å²) in [7, 11) is 0. The fourth-order valence-electron chi connectivity index (χ4n) is 2.57. The molecule has 0 fully saturated rings. The van der Waals surface area contributed by atoms with E-state index in [9.17, 15) is 19.5 Å². The number of hydrogen-bond acceptors (Lipinski definition) is 5. The van der Waals surface area contributed by atoms with Crippen LogP contribution in [0.5, 0.6) is 5.75 Å². The van der Waals surface area contributed by atoms with Crippen LogP contribution in [-0.4, -0.2) is 35.1 Å². The summed E-state index contributed by atoms with van der Waals surface area (Å²) in [6, 6.07) is 14.4. The van der Waals surface area contributed by atoms with Gasteiger partial charge in [-0.3, -0.25) is 14.6 Å². The van der Waals surface area contributed by atoms with Crippen molar-refractivity contribution >= 4 is 23.9 Å². The number of carbonyl (C=O) groups is 3. The van der Waals surface area contributed by atoms with Crippen molar-refractivity contribution in [3.63, 3.8) is 0 Å². The van der Waals surface area contributed by atoms with Crippen molar-refractivity contribution in [2.24, 2.45) is 10.9 Å². The van der Waals surface area contributed by atoms with E-state index >= 15 is 0 Å². The number of nitrogens with zero attached hydrogens (tertiary/aromatic N) is 1. The Hall–Kier alpha value is -3.28. The Morgan fingerprint density at radius 1 is 1.12 bits per heavy atom. The van der Waals surface area contributed by atoms with Crippen LogP contribution < -0.4 is 4.74 Å². The van der Waals surface area contributed by atoms with E-state index in [0.29, 0.717) is 0 Å². The fourth-order valence-corrected chi connectivity index (χ4v) is 2.57. The number of hydrogen-bond donors (Lipinski definition) is 1. The van der Waals surface area contributed by atoms with Gasteiger partial charge in [0, 0.05) is 12.6 Å². The number of rotatable bonds is 5. The third kappa shape index (κ3) is 3.63. The van der Waals surface area contributed by atoms with Crippen LogP contribution in [0.3, 0.4) is 0 Å². The van der Waals surface area contributed by atoms with Crippen LogP contribution in [0.25, 0.3) is 0 Å². The second-order valence-corrected chi connectivity index (χ2v) is 5.60. The first kappa shape index (κ1) is 16.6. The van der Waals surface area contributed by atoms with Gasteiger partial charge in [-0.2, -0.15) is 0 Å². The number of carboxylic acid groups (broad SMARTS) is 1. The summed E-state index contributed by atoms with van der Waals surface area (Å²) >= 11 is 0. The molecular formula is C19H15NO5. The van der Waals surface area contributed by atoms with E-state index in [-0.39, 0.29) is 17.7 Å². The Morgan fingerprint density at radius 2 is 1.80 bits per heavy atom. The summed E-state index contributed by atoms with van der Waals surface area (Å²) in [5.74, 6) is -3.35. The van der Waals surface area contributed by atoms with Crippen molar-refractivity contribution in [3.05, 3.63) is 65.7 Å². The quantitative estimate of drug-likeness (QED) is 0.391. The Kier molecular flexibility index (Phi) is 4.70. The maximum atomic E-state index is 12.4. The van der Waals surface area contributed by atoms with Crippen molar-refractivity contribution in [1.29, 1.82) is 0 Å². The predicted molar refractivity (Wildman–Crippen MR) is 90.0 cm³/mol. The topological polar surface area (TPSA) is 93.0 Å². The zero-order valence-electron chi connectivity index (χ0n) is 13.2. The fraction of sp³-hybridized carbons (Fsp3) is 0.158. The molecule has 1 aliphatic rings. The first-order valence-electron chi connectivity index (χ1n) is 7.71. The minimum absolute atomic E-state index is 0.166. The van der Waals surface area contributed by atoms with Crippen LogP contribution >= 0.6 is 0 Å². The average molecular weight is 337 g/mol. The average Bonchev–Trinajstić information content (AvgIpc) is 2.61. The lowest BCUT2D eigenvalue weighted by molar-refractivity contribution is -0.139. The molecule has 0 bridgehead atoms. The normalized spacial score (nSPS) is 17.8. The van der Waals surface area contributed by atoms with Gasteiger partial charge >= 0.3 is 11.9 Å². The number of ether oxygens (including phenoxy) is 1. The third-order valence-corrected chi connectivity index (χ3v) is 3.87. The van der Waals surface area contributed by atoms with Crippen molar-refractivity contribution in [2.45, 2.75) is 12.5 Å². The Balaban J connectivity index is 1.80. The van der Waals surface area contributed by atoms with Crippen molar-refractivity contribution in [3.8, 4) is 5.75 Å². The molecule has 6 nitrogen and oxygen atoms in total. The van der Waals surface area contributed by atoms with Gasteiger partial charge in [-0.15, -0.1) is 0 Å². The smallest absolute Gasteiger partial charge is 0.328 e. The van der Waals surface area contributed by atoms with E-state index in [1.807, 2.05) is 6.07 Å². The van der Waals surface area contributed by atoms with Gasteiger partial charge in [-0.25, -0.2) is 4.79 Å². The lowest BCUT2D eigenvalue weighted by Gasteiger charge is -2.19. The highest BCUT2D eigenvalue weighted by molar-refractivity contribution is 6.22. The van der Waals surface area contributed by atoms with E-state index in [1.165, 1.54) is 6.07 Å². The van der Waals surface area contributed by atoms with Gasteiger partial charge in [0.05, 0.1) is 5.56 Å². The zero-order valence-corrected chi connectivity index (χ0v) is 13.2. The third-order valence-electron chi connectivity index (χ3n) is 3.87. The number of ketones is 1. The van der Waals surface area contributed by atoms with Gasteiger partial charge < -0.3 is 9.84 Å². The van der Waals surface area contributed by atoms with Crippen LogP contribution in [0, 0.1) is 5.92 Å². The first-order valence-corrected chi connectivity index (χ1v) is 7.71. The number of fused-ring (bicyclic) bond motifs is 1. The minimum atomic E-state index is -1.23. The summed E-state index contributed by atoms with van der Waals surface area (Å²) in [5, 5.41) is 9.34. The number of esters is 1. The number of benzene rings is 2. The summed E-state index contributed by atoms with van der Waals surface area (Å²) in [6.45, 7) is 0. The van der Waals surface area contributed by atoms with Crippen LogP contribution in [0.4, 0.5) is 0 Å². The maximum Gasteiger partial charge on any atom is 0.328 e. The van der Waals surface area contributed by atoms with Crippen molar-refractivity contribution in [2.75, 3.05) is 0 Å². The Bertz CT molecular complexity index is 844. The Morgan fingerprint density at radius 3 is 2.52 bits per heavy atom. The highest BCUT2D eigenvalue weighted by Gasteiger charge is 2.35. The number of Topliss-reactive ketones (excluding diaryl/α,β-unsaturated/α-hetero) is 1. The second-order valence-electron chi connectivity index (χ2n) is 5.60. The lowest BCUT2D eigenvalue weighted by atomic mass is 9.95. The SMILES string of the molecule is O=C1Oc2ccccc2C(=O)C1C=N[C@@H](Cc1ccccc1)C(=O)O. The number of aliphatic imine (C=N–C) groups is 1. The van der Waals surface area contributed by atoms with Gasteiger partial charge in [0.1, 0.15) is 5.75 Å². The summed E-state index contributed by atoms with van der Waals surface area (Å²) < 4.78 is 5.13. The molecule has 1 heterocycles. The summed E-state index contributed by atoms with van der Waals surface area (Å²) in [6.07, 6.45) is 1.25. The molecule has 1 N–H and O–H groups in total. The van der Waals surface area contributed by atoms with Gasteiger partial charge in [0.25, 0.3) is 0 Å². The number of aliphatic carboxylic acids is 1. The molecule has 0 radical (unpaired) electrons. The summed E-state index contributed by atoms with van der Waals surface area (Å²) in [5.41, 5.74) is 1.09. The number of para-hydroxylation sites is 1. The van der Waals surface area contributed by atoms with Crippen LogP contribution in [0.1, 0.15) is 15.9 Å². The van der Waals surface area contributed by atoms with Gasteiger partial charge in [-0.05, 0) is 17.7 Å². The second kappa shape index (κ2) is 7.09. The number of carboxylic acids is 1. The number of carbonyl (C=O) groups excluding carboxylic acids is 2. The van der Waals surface area contributed by atoms with Gasteiger partial charge in [0.15, 0.2) is 17.7 Å². The van der Waals surface area contributed by atoms with Crippen LogP contribution in [0.15, 0.2) is 59.6 Å². The highest BCUT2D eigenvalue weighted by atomic mass is 16.5. The summed E-state index contributed by atoms with van der Waals surface area (Å²) in [4.78, 5) is 39.8. The molecule has 3 rings (SSSR count). The van der Waals surface area contributed by atoms with E-state index in [0.717, 1.165) is 11.8 Å². The zero-order chi connectivity index (χ0) is 17.8. The maximum absolute atomic E-state index is 12.4. The standard InChI is InChI=1S/C19H15NO5/c21-17-13-8-4-5-9-16(13)25-19(24)14(17)11-20-15(18(22)23)10-12-6-2-1-3-7-12/h1-9,11,14-15H,10H2,(H,22,23)/t14?,15-/m0/s1. The molecule has 1 unspecified atom stereocenters. The van der Waals surface area contributed by atoms with E-state index < -0.39 is 29.7 Å². The monoisotopic (exact) mass is 337 g/mol. The van der Waals surface area contributed by atoms with Crippen LogP contribution in [0.2, 0.25) is 0 Å². The van der Waals surface area contributed by atoms with Crippen molar-refractivity contribution in [1.82, 2.24) is 0 Å². The van der Waals surface area contributed by atoms with Crippen LogP contribution in [-0.2, 0) is 16.0 Å². The lowest BCUT2D eigenvalue weighted by Crippen LogP contribution is -2.35. The largest absolute Gasteiger partial charge is 0.480 e. The van der Waals surface area contributed by atoms with Crippen molar-refractivity contribution < 1.29 is 24.2 Å². The molecule has 0 saturated carbocycles. The van der Waals surface area contributed by atoms with E-state index in [2.05, 4.69) is 4.99 Å². The molecule has 25 heavy (non-hydrogen) atoms. The highest BCUT2D eigenvalue weighted by Crippen LogP contribution is 2.27. The predicted octanol–water partition coefficient (Wildman–Crippen LogP) is 2.17. The van der Waals surface area contributed by atoms with E-state index in [1.54, 1.807) is 42.5 Å². The molecule has 0 aliphatic carbocycles. The molecule has 0 aromatic heterocycles. The molecule has 1 aliphatic heterocycles. The molecular weight excluding hydrogens is 322 g/mol. The van der Waals surface area contributed by atoms with Gasteiger partial charge in [0.2, 0.25) is 0 Å². The molecule has 126 valence electrons. The van der Waals surface area contributed by atoms with Gasteiger partial charge in [-0.1, -0.05) is 42.5 Å². The molecule has 0 amide bonds. The molecule has 2 aromatic rings. The molecule has 0 saturated heterocycles. The molecule has 6 heteroatoms. The molecule has 2 aromatic carbocycles. The molecule has 2 atom stereocenters.